The summed E-state index contributed by atoms with van der Waals surface area (Å²) < 4.78 is 7.14. The van der Waals surface area contributed by atoms with E-state index in [1.807, 2.05) is 20.9 Å². The number of hydrogen-bond donors (Lipinski definition) is 1. The van der Waals surface area contributed by atoms with E-state index in [-0.39, 0.29) is 30.8 Å². The second-order valence-corrected chi connectivity index (χ2v) is 6.31. The zero-order chi connectivity index (χ0) is 18.1. The molecule has 8 heteroatoms. The van der Waals surface area contributed by atoms with E-state index in [1.165, 1.54) is 0 Å². The van der Waals surface area contributed by atoms with Crippen molar-refractivity contribution in [3.63, 3.8) is 0 Å². The molecule has 0 aliphatic carbocycles. The van der Waals surface area contributed by atoms with Crippen molar-refractivity contribution in [2.24, 2.45) is 13.0 Å². The van der Waals surface area contributed by atoms with Crippen LogP contribution in [-0.2, 0) is 23.2 Å². The molecule has 0 saturated carbocycles. The summed E-state index contributed by atoms with van der Waals surface area (Å²) in [5.41, 5.74) is 1.88. The van der Waals surface area contributed by atoms with Crippen molar-refractivity contribution in [3.8, 4) is 0 Å². The number of aryl methyl sites for hydroxylation is 2. The van der Waals surface area contributed by atoms with Crippen LogP contribution in [0.1, 0.15) is 42.3 Å². The molecular weight excluding hydrogens is 322 g/mol. The highest BCUT2D eigenvalue weighted by Crippen LogP contribution is 2.39. The van der Waals surface area contributed by atoms with Crippen molar-refractivity contribution in [2.45, 2.75) is 39.8 Å². The van der Waals surface area contributed by atoms with Gasteiger partial charge in [0.2, 0.25) is 11.8 Å². The van der Waals surface area contributed by atoms with Gasteiger partial charge in [-0.2, -0.15) is 5.10 Å². The van der Waals surface area contributed by atoms with E-state index in [9.17, 15) is 9.59 Å². The van der Waals surface area contributed by atoms with Crippen LogP contribution in [0.2, 0.25) is 0 Å². The summed E-state index contributed by atoms with van der Waals surface area (Å²) in [7, 11) is 1.85. The highest BCUT2D eigenvalue weighted by Gasteiger charge is 2.44. The molecule has 0 spiro atoms. The fraction of sp³-hybridized carbons (Fsp3) is 0.529. The summed E-state index contributed by atoms with van der Waals surface area (Å²) in [6.45, 7) is 6.44. The monoisotopic (exact) mass is 345 g/mol. The van der Waals surface area contributed by atoms with Gasteiger partial charge in [-0.15, -0.1) is 0 Å². The Kier molecular flexibility index (Phi) is 4.61. The van der Waals surface area contributed by atoms with Gasteiger partial charge in [0.15, 0.2) is 5.89 Å². The highest BCUT2D eigenvalue weighted by molar-refractivity contribution is 5.90. The van der Waals surface area contributed by atoms with E-state index < -0.39 is 5.92 Å². The Balaban J connectivity index is 1.81. The summed E-state index contributed by atoms with van der Waals surface area (Å²) in [5.74, 6) is 0.537. The Bertz CT molecular complexity index is 794. The predicted molar refractivity (Wildman–Crippen MR) is 89.3 cm³/mol. The van der Waals surface area contributed by atoms with E-state index in [0.717, 1.165) is 11.3 Å². The lowest BCUT2D eigenvalue weighted by molar-refractivity contribution is -0.129. The SMILES string of the molecule is CCN1C(=O)C[C@H](C(=O)NCc2cnc(C)o2)[C@H]1c1cnn(C)c1C. The van der Waals surface area contributed by atoms with Crippen LogP contribution in [0.3, 0.4) is 0 Å². The zero-order valence-electron chi connectivity index (χ0n) is 14.9. The second-order valence-electron chi connectivity index (χ2n) is 6.31. The summed E-state index contributed by atoms with van der Waals surface area (Å²) in [5, 5.41) is 7.14. The molecule has 2 amide bonds. The van der Waals surface area contributed by atoms with Crippen LogP contribution in [0.25, 0.3) is 0 Å². The number of nitrogens with zero attached hydrogens (tertiary/aromatic N) is 4. The standard InChI is InChI=1S/C17H23N5O3/c1-5-22-15(23)6-13(16(22)14-9-20-21(4)10(14)2)17(24)19-8-12-7-18-11(3)25-12/h7,9,13,16H,5-6,8H2,1-4H3,(H,19,24)/t13-,16-/m0/s1. The second kappa shape index (κ2) is 6.70. The quantitative estimate of drug-likeness (QED) is 0.880. The van der Waals surface area contributed by atoms with Gasteiger partial charge < -0.3 is 14.6 Å². The molecule has 3 heterocycles. The largest absolute Gasteiger partial charge is 0.444 e. The van der Waals surface area contributed by atoms with Crippen LogP contribution in [0.5, 0.6) is 0 Å². The van der Waals surface area contributed by atoms with Gasteiger partial charge in [-0.1, -0.05) is 0 Å². The first-order valence-electron chi connectivity index (χ1n) is 8.39. The summed E-state index contributed by atoms with van der Waals surface area (Å²) in [4.78, 5) is 30.9. The molecule has 0 radical (unpaired) electrons. The highest BCUT2D eigenvalue weighted by atomic mass is 16.4. The molecule has 1 N–H and O–H groups in total. The van der Waals surface area contributed by atoms with Gasteiger partial charge in [-0.3, -0.25) is 14.3 Å². The smallest absolute Gasteiger partial charge is 0.226 e. The van der Waals surface area contributed by atoms with Crippen molar-refractivity contribution in [3.05, 3.63) is 35.3 Å². The summed E-state index contributed by atoms with van der Waals surface area (Å²) in [6, 6.07) is -0.289. The van der Waals surface area contributed by atoms with Gasteiger partial charge >= 0.3 is 0 Å². The number of oxazole rings is 1. The predicted octanol–water partition coefficient (Wildman–Crippen LogP) is 1.25. The fourth-order valence-electron chi connectivity index (χ4n) is 3.38. The van der Waals surface area contributed by atoms with Crippen LogP contribution >= 0.6 is 0 Å². The molecule has 3 rings (SSSR count). The van der Waals surface area contributed by atoms with Gasteiger partial charge in [0.25, 0.3) is 0 Å². The topological polar surface area (TPSA) is 93.3 Å². The molecule has 0 bridgehead atoms. The number of carbonyl (C=O) groups excluding carboxylic acids is 2. The van der Waals surface area contributed by atoms with E-state index in [2.05, 4.69) is 15.4 Å². The van der Waals surface area contributed by atoms with Gasteiger partial charge in [0, 0.05) is 38.2 Å². The molecule has 134 valence electrons. The number of carbonyl (C=O) groups is 2. The maximum absolute atomic E-state index is 12.8. The van der Waals surface area contributed by atoms with E-state index in [4.69, 9.17) is 4.42 Å². The molecule has 1 aliphatic heterocycles. The molecule has 1 aliphatic rings. The molecule has 2 aromatic heterocycles. The molecule has 2 atom stereocenters. The number of rotatable bonds is 5. The minimum Gasteiger partial charge on any atom is -0.444 e. The van der Waals surface area contributed by atoms with Crippen LogP contribution < -0.4 is 5.32 Å². The van der Waals surface area contributed by atoms with Gasteiger partial charge in [-0.25, -0.2) is 4.98 Å². The number of hydrogen-bond acceptors (Lipinski definition) is 5. The Labute approximate surface area is 146 Å². The summed E-state index contributed by atoms with van der Waals surface area (Å²) in [6.07, 6.45) is 3.55. The molecular formula is C17H23N5O3. The summed E-state index contributed by atoms with van der Waals surface area (Å²) >= 11 is 0. The lowest BCUT2D eigenvalue weighted by Crippen LogP contribution is -2.35. The molecule has 0 unspecified atom stereocenters. The van der Waals surface area contributed by atoms with Gasteiger partial charge in [0.1, 0.15) is 5.76 Å². The Hall–Kier alpha value is -2.64. The van der Waals surface area contributed by atoms with Crippen LogP contribution in [-0.4, -0.2) is 38.0 Å². The minimum atomic E-state index is -0.445. The molecule has 0 aromatic carbocycles. The molecule has 1 saturated heterocycles. The average molecular weight is 345 g/mol. The normalized spacial score (nSPS) is 20.3. The number of aromatic nitrogens is 3. The van der Waals surface area contributed by atoms with Gasteiger partial charge in [0.05, 0.1) is 30.9 Å². The number of nitrogens with one attached hydrogen (secondary N) is 1. The Morgan fingerprint density at radius 1 is 1.40 bits per heavy atom. The van der Waals surface area contributed by atoms with E-state index in [1.54, 1.807) is 28.9 Å². The zero-order valence-corrected chi connectivity index (χ0v) is 14.9. The molecule has 8 nitrogen and oxygen atoms in total. The molecule has 25 heavy (non-hydrogen) atoms. The molecule has 1 fully saturated rings. The van der Waals surface area contributed by atoms with E-state index in [0.29, 0.717) is 18.2 Å². The Morgan fingerprint density at radius 2 is 2.16 bits per heavy atom. The van der Waals surface area contributed by atoms with Crippen molar-refractivity contribution in [2.75, 3.05) is 6.54 Å². The average Bonchev–Trinajstić information content (AvgIpc) is 3.24. The fourth-order valence-corrected chi connectivity index (χ4v) is 3.38. The van der Waals surface area contributed by atoms with E-state index >= 15 is 0 Å². The maximum atomic E-state index is 12.8. The van der Waals surface area contributed by atoms with Crippen molar-refractivity contribution in [1.29, 1.82) is 0 Å². The maximum Gasteiger partial charge on any atom is 0.226 e. The van der Waals surface area contributed by atoms with Crippen LogP contribution in [0, 0.1) is 19.8 Å². The first-order chi connectivity index (χ1) is 11.9. The van der Waals surface area contributed by atoms with Crippen molar-refractivity contribution in [1.82, 2.24) is 25.0 Å². The van der Waals surface area contributed by atoms with Crippen LogP contribution in [0.4, 0.5) is 0 Å². The van der Waals surface area contributed by atoms with Crippen molar-refractivity contribution >= 4 is 11.8 Å². The third kappa shape index (κ3) is 3.16. The number of amides is 2. The number of likely N-dealkylation sites (tertiary alicyclic amines) is 1. The first kappa shape index (κ1) is 17.2. The lowest BCUT2D eigenvalue weighted by atomic mass is 9.93. The van der Waals surface area contributed by atoms with Crippen molar-refractivity contribution < 1.29 is 14.0 Å². The molecule has 2 aromatic rings. The lowest BCUT2D eigenvalue weighted by Gasteiger charge is -2.26. The van der Waals surface area contributed by atoms with Crippen LogP contribution in [0.15, 0.2) is 16.8 Å². The third-order valence-corrected chi connectivity index (χ3v) is 4.81. The van der Waals surface area contributed by atoms with Gasteiger partial charge in [-0.05, 0) is 13.8 Å². The minimum absolute atomic E-state index is 0.00795. The third-order valence-electron chi connectivity index (χ3n) is 4.81. The Morgan fingerprint density at radius 3 is 2.72 bits per heavy atom. The first-order valence-corrected chi connectivity index (χ1v) is 8.39.